The fourth-order valence-electron chi connectivity index (χ4n) is 2.44. The van der Waals surface area contributed by atoms with Crippen LogP contribution in [0.3, 0.4) is 0 Å². The molecule has 2 rings (SSSR count). The van der Waals surface area contributed by atoms with Gasteiger partial charge in [-0.3, -0.25) is 4.79 Å². The van der Waals surface area contributed by atoms with E-state index in [0.29, 0.717) is 0 Å². The largest absolute Gasteiger partial charge is 0.324 e. The molecule has 1 aromatic heterocycles. The number of rotatable bonds is 3. The topological polar surface area (TPSA) is 51.3 Å². The first-order valence-electron chi connectivity index (χ1n) is 6.22. The van der Waals surface area contributed by atoms with Crippen LogP contribution < -0.4 is 11.3 Å². The highest BCUT2D eigenvalue weighted by molar-refractivity contribution is 5.27. The van der Waals surface area contributed by atoms with E-state index < -0.39 is 0 Å². The van der Waals surface area contributed by atoms with Crippen molar-refractivity contribution in [3.8, 4) is 0 Å². The van der Waals surface area contributed by atoms with E-state index in [0.717, 1.165) is 43.6 Å². The third-order valence-corrected chi connectivity index (χ3v) is 3.43. The molecule has 2 N–H and O–H groups in total. The second kappa shape index (κ2) is 5.02. The number of nitrogens with two attached hydrogens (primary N) is 1. The van der Waals surface area contributed by atoms with Crippen molar-refractivity contribution in [2.75, 3.05) is 20.6 Å². The molecule has 0 saturated heterocycles. The van der Waals surface area contributed by atoms with E-state index >= 15 is 0 Å². The molecular weight excluding hydrogens is 214 g/mol. The van der Waals surface area contributed by atoms with E-state index in [1.165, 1.54) is 0 Å². The van der Waals surface area contributed by atoms with Crippen molar-refractivity contribution >= 4 is 0 Å². The fourth-order valence-corrected chi connectivity index (χ4v) is 2.44. The average molecular weight is 235 g/mol. The quantitative estimate of drug-likeness (QED) is 0.841. The van der Waals surface area contributed by atoms with Gasteiger partial charge >= 0.3 is 0 Å². The lowest BCUT2D eigenvalue weighted by Gasteiger charge is -2.25. The highest BCUT2D eigenvalue weighted by atomic mass is 16.1. The Labute approximate surface area is 102 Å². The van der Waals surface area contributed by atoms with Gasteiger partial charge in [0.05, 0.1) is 0 Å². The molecule has 94 valence electrons. The number of pyridine rings is 1. The van der Waals surface area contributed by atoms with Gasteiger partial charge in [-0.1, -0.05) is 6.07 Å². The Morgan fingerprint density at radius 2 is 2.24 bits per heavy atom. The summed E-state index contributed by atoms with van der Waals surface area (Å²) in [5.74, 6) is 0. The Hall–Kier alpha value is -1.13. The van der Waals surface area contributed by atoms with Crippen molar-refractivity contribution in [1.82, 2.24) is 9.47 Å². The molecule has 4 heteroatoms. The molecule has 0 radical (unpaired) electrons. The van der Waals surface area contributed by atoms with Gasteiger partial charge in [-0.05, 0) is 38.9 Å². The Morgan fingerprint density at radius 1 is 1.47 bits per heavy atom. The number of hydrogen-bond donors (Lipinski definition) is 1. The summed E-state index contributed by atoms with van der Waals surface area (Å²) < 4.78 is 1.90. The fraction of sp³-hybridized carbons (Fsp3) is 0.615. The van der Waals surface area contributed by atoms with Crippen molar-refractivity contribution in [3.05, 3.63) is 33.7 Å². The van der Waals surface area contributed by atoms with Crippen LogP contribution in [0.5, 0.6) is 0 Å². The van der Waals surface area contributed by atoms with Crippen LogP contribution in [0.2, 0.25) is 0 Å². The van der Waals surface area contributed by atoms with E-state index in [9.17, 15) is 4.79 Å². The second-order valence-electron chi connectivity index (χ2n) is 5.03. The smallest absolute Gasteiger partial charge is 0.250 e. The van der Waals surface area contributed by atoms with Crippen molar-refractivity contribution in [3.63, 3.8) is 0 Å². The normalized spacial score (nSPS) is 19.4. The molecule has 1 atom stereocenters. The molecule has 0 bridgehead atoms. The van der Waals surface area contributed by atoms with Crippen LogP contribution in [0, 0.1) is 0 Å². The molecule has 1 heterocycles. The molecule has 1 unspecified atom stereocenters. The number of hydrogen-bond acceptors (Lipinski definition) is 3. The number of aromatic nitrogens is 1. The van der Waals surface area contributed by atoms with Crippen LogP contribution in [0.4, 0.5) is 0 Å². The van der Waals surface area contributed by atoms with Gasteiger partial charge in [0.2, 0.25) is 0 Å². The Kier molecular flexibility index (Phi) is 3.64. The summed E-state index contributed by atoms with van der Waals surface area (Å²) in [7, 11) is 4.04. The first-order chi connectivity index (χ1) is 8.09. The molecule has 1 aliphatic carbocycles. The van der Waals surface area contributed by atoms with E-state index in [1.807, 2.05) is 24.7 Å². The van der Waals surface area contributed by atoms with Crippen LogP contribution in [0.25, 0.3) is 0 Å². The maximum absolute atomic E-state index is 11.9. The summed E-state index contributed by atoms with van der Waals surface area (Å²) in [6.45, 7) is 1.63. The van der Waals surface area contributed by atoms with Gasteiger partial charge in [-0.2, -0.15) is 0 Å². The van der Waals surface area contributed by atoms with Gasteiger partial charge in [0, 0.05) is 30.9 Å². The van der Waals surface area contributed by atoms with Crippen LogP contribution in [0.15, 0.2) is 16.9 Å². The minimum Gasteiger partial charge on any atom is -0.324 e. The lowest BCUT2D eigenvalue weighted by Crippen LogP contribution is -2.32. The highest BCUT2D eigenvalue weighted by Crippen LogP contribution is 2.26. The predicted octanol–water partition coefficient (Wildman–Crippen LogP) is 0.746. The van der Waals surface area contributed by atoms with Crippen molar-refractivity contribution in [1.29, 1.82) is 0 Å². The molecule has 0 amide bonds. The zero-order valence-electron chi connectivity index (χ0n) is 10.6. The van der Waals surface area contributed by atoms with Crippen molar-refractivity contribution < 1.29 is 0 Å². The zero-order valence-corrected chi connectivity index (χ0v) is 10.6. The van der Waals surface area contributed by atoms with Crippen molar-refractivity contribution in [2.45, 2.75) is 31.8 Å². The summed E-state index contributed by atoms with van der Waals surface area (Å²) in [4.78, 5) is 14.0. The monoisotopic (exact) mass is 235 g/mol. The molecule has 0 aromatic carbocycles. The third kappa shape index (κ3) is 2.58. The van der Waals surface area contributed by atoms with Gasteiger partial charge in [-0.15, -0.1) is 0 Å². The van der Waals surface area contributed by atoms with E-state index in [1.54, 1.807) is 6.07 Å². The van der Waals surface area contributed by atoms with E-state index in [2.05, 4.69) is 4.90 Å². The second-order valence-corrected chi connectivity index (χ2v) is 5.03. The molecule has 0 spiro atoms. The molecular formula is C13H21N3O. The maximum Gasteiger partial charge on any atom is 0.250 e. The van der Waals surface area contributed by atoms with E-state index in [-0.39, 0.29) is 11.6 Å². The SMILES string of the molecule is CN(C)CCn1c2c(ccc1=O)C(N)CCC2. The molecule has 0 fully saturated rings. The van der Waals surface area contributed by atoms with Crippen LogP contribution in [-0.4, -0.2) is 30.1 Å². The number of likely N-dealkylation sites (N-methyl/N-ethyl adjacent to an activating group) is 1. The van der Waals surface area contributed by atoms with Crippen LogP contribution in [-0.2, 0) is 13.0 Å². The van der Waals surface area contributed by atoms with E-state index in [4.69, 9.17) is 5.73 Å². The van der Waals surface area contributed by atoms with Crippen LogP contribution in [0.1, 0.15) is 30.1 Å². The molecule has 0 aliphatic heterocycles. The Morgan fingerprint density at radius 3 is 2.94 bits per heavy atom. The minimum atomic E-state index is 0.0969. The molecule has 17 heavy (non-hydrogen) atoms. The van der Waals surface area contributed by atoms with Gasteiger partial charge in [0.1, 0.15) is 0 Å². The predicted molar refractivity (Wildman–Crippen MR) is 69.1 cm³/mol. The van der Waals surface area contributed by atoms with Gasteiger partial charge in [0.25, 0.3) is 5.56 Å². The summed E-state index contributed by atoms with van der Waals surface area (Å²) in [5.41, 5.74) is 8.51. The molecule has 0 saturated carbocycles. The summed E-state index contributed by atoms with van der Waals surface area (Å²) in [5, 5.41) is 0. The first-order valence-corrected chi connectivity index (χ1v) is 6.22. The Balaban J connectivity index is 2.36. The number of nitrogens with zero attached hydrogens (tertiary/aromatic N) is 2. The zero-order chi connectivity index (χ0) is 12.4. The van der Waals surface area contributed by atoms with Gasteiger partial charge in [0.15, 0.2) is 0 Å². The molecule has 1 aromatic rings. The Bertz CT molecular complexity index is 450. The van der Waals surface area contributed by atoms with Gasteiger partial charge < -0.3 is 15.2 Å². The molecule has 1 aliphatic rings. The van der Waals surface area contributed by atoms with Gasteiger partial charge in [-0.25, -0.2) is 0 Å². The average Bonchev–Trinajstić information content (AvgIpc) is 2.27. The standard InChI is InChI=1S/C13H21N3O/c1-15(2)8-9-16-12-5-3-4-11(14)10(12)6-7-13(16)17/h6-7,11H,3-5,8-9,14H2,1-2H3. The lowest BCUT2D eigenvalue weighted by atomic mass is 9.91. The first kappa shape index (κ1) is 12.3. The highest BCUT2D eigenvalue weighted by Gasteiger charge is 2.19. The molecule has 4 nitrogen and oxygen atoms in total. The summed E-state index contributed by atoms with van der Waals surface area (Å²) in [6, 6.07) is 3.66. The number of fused-ring (bicyclic) bond motifs is 1. The minimum absolute atomic E-state index is 0.0969. The van der Waals surface area contributed by atoms with Crippen molar-refractivity contribution in [2.24, 2.45) is 5.73 Å². The third-order valence-electron chi connectivity index (χ3n) is 3.43. The summed E-state index contributed by atoms with van der Waals surface area (Å²) >= 11 is 0. The van der Waals surface area contributed by atoms with Crippen LogP contribution >= 0.6 is 0 Å². The lowest BCUT2D eigenvalue weighted by molar-refractivity contribution is 0.373. The summed E-state index contributed by atoms with van der Waals surface area (Å²) in [6.07, 6.45) is 3.09. The maximum atomic E-state index is 11.9.